The van der Waals surface area contributed by atoms with Crippen LogP contribution in [0, 0.1) is 12.8 Å². The molecular formula is C9H13N3O3. The SMILES string of the molecule is Cc1nc(CN2CC(CC(=O)O)C2)no1. The summed E-state index contributed by atoms with van der Waals surface area (Å²) in [7, 11) is 0. The third-order valence-corrected chi connectivity index (χ3v) is 2.43. The molecule has 6 heteroatoms. The molecule has 1 aromatic rings. The molecule has 1 aliphatic rings. The number of hydrogen-bond donors (Lipinski definition) is 1. The highest BCUT2D eigenvalue weighted by Crippen LogP contribution is 2.20. The van der Waals surface area contributed by atoms with Crippen LogP contribution in [0.4, 0.5) is 0 Å². The number of carboxylic acids is 1. The van der Waals surface area contributed by atoms with Gasteiger partial charge in [0.25, 0.3) is 0 Å². The zero-order valence-corrected chi connectivity index (χ0v) is 8.51. The normalized spacial score (nSPS) is 17.7. The van der Waals surface area contributed by atoms with Crippen LogP contribution in [-0.4, -0.2) is 39.2 Å². The number of aliphatic carboxylic acids is 1. The van der Waals surface area contributed by atoms with Crippen LogP contribution in [0.2, 0.25) is 0 Å². The molecular weight excluding hydrogens is 198 g/mol. The fourth-order valence-electron chi connectivity index (χ4n) is 1.79. The minimum Gasteiger partial charge on any atom is -0.481 e. The standard InChI is InChI=1S/C9H13N3O3/c1-6-10-8(11-15-6)5-12-3-7(4-12)2-9(13)14/h7H,2-5H2,1H3,(H,13,14). The number of carboxylic acid groups (broad SMARTS) is 1. The van der Waals surface area contributed by atoms with E-state index in [0.29, 0.717) is 18.3 Å². The fourth-order valence-corrected chi connectivity index (χ4v) is 1.79. The van der Waals surface area contributed by atoms with Gasteiger partial charge < -0.3 is 9.63 Å². The molecule has 82 valence electrons. The molecule has 0 amide bonds. The Kier molecular flexibility index (Phi) is 2.68. The highest BCUT2D eigenvalue weighted by atomic mass is 16.5. The summed E-state index contributed by atoms with van der Waals surface area (Å²) in [6, 6.07) is 0. The van der Waals surface area contributed by atoms with Gasteiger partial charge in [-0.2, -0.15) is 4.98 Å². The van der Waals surface area contributed by atoms with Gasteiger partial charge in [-0.1, -0.05) is 5.16 Å². The molecule has 2 rings (SSSR count). The first kappa shape index (κ1) is 10.1. The summed E-state index contributed by atoms with van der Waals surface area (Å²) in [5.74, 6) is 0.777. The highest BCUT2D eigenvalue weighted by molar-refractivity contribution is 5.67. The van der Waals surface area contributed by atoms with Crippen LogP contribution in [0.3, 0.4) is 0 Å². The van der Waals surface area contributed by atoms with Gasteiger partial charge in [-0.15, -0.1) is 0 Å². The van der Waals surface area contributed by atoms with E-state index in [1.165, 1.54) is 0 Å². The van der Waals surface area contributed by atoms with Crippen molar-refractivity contribution in [2.75, 3.05) is 13.1 Å². The topological polar surface area (TPSA) is 79.5 Å². The van der Waals surface area contributed by atoms with Crippen molar-refractivity contribution in [3.63, 3.8) is 0 Å². The lowest BCUT2D eigenvalue weighted by Gasteiger charge is -2.37. The Morgan fingerprint density at radius 1 is 1.67 bits per heavy atom. The summed E-state index contributed by atoms with van der Waals surface area (Å²) in [5, 5.41) is 12.3. The van der Waals surface area contributed by atoms with E-state index in [9.17, 15) is 4.79 Å². The lowest BCUT2D eigenvalue weighted by molar-refractivity contribution is -0.139. The Bertz CT molecular complexity index is 357. The lowest BCUT2D eigenvalue weighted by atomic mass is 9.96. The van der Waals surface area contributed by atoms with E-state index in [2.05, 4.69) is 15.0 Å². The van der Waals surface area contributed by atoms with Crippen molar-refractivity contribution in [1.29, 1.82) is 0 Å². The van der Waals surface area contributed by atoms with Gasteiger partial charge in [0.1, 0.15) is 0 Å². The molecule has 0 bridgehead atoms. The van der Waals surface area contributed by atoms with Crippen molar-refractivity contribution in [3.8, 4) is 0 Å². The fraction of sp³-hybridized carbons (Fsp3) is 0.667. The van der Waals surface area contributed by atoms with Crippen LogP contribution in [0.15, 0.2) is 4.52 Å². The molecule has 6 nitrogen and oxygen atoms in total. The first-order chi connectivity index (χ1) is 7.13. The number of hydrogen-bond acceptors (Lipinski definition) is 5. The molecule has 1 aromatic heterocycles. The molecule has 0 aromatic carbocycles. The maximum atomic E-state index is 10.4. The predicted molar refractivity (Wildman–Crippen MR) is 50.1 cm³/mol. The maximum absolute atomic E-state index is 10.4. The van der Waals surface area contributed by atoms with Crippen molar-refractivity contribution < 1.29 is 14.4 Å². The smallest absolute Gasteiger partial charge is 0.303 e. The van der Waals surface area contributed by atoms with Gasteiger partial charge in [-0.25, -0.2) is 0 Å². The number of aryl methyl sites for hydroxylation is 1. The third-order valence-electron chi connectivity index (χ3n) is 2.43. The molecule has 0 unspecified atom stereocenters. The molecule has 0 atom stereocenters. The summed E-state index contributed by atoms with van der Waals surface area (Å²) in [4.78, 5) is 16.6. The van der Waals surface area contributed by atoms with Gasteiger partial charge in [-0.3, -0.25) is 9.69 Å². The Hall–Kier alpha value is -1.43. The van der Waals surface area contributed by atoms with Gasteiger partial charge in [-0.05, 0) is 5.92 Å². The van der Waals surface area contributed by atoms with E-state index >= 15 is 0 Å². The van der Waals surface area contributed by atoms with Crippen molar-refractivity contribution in [2.24, 2.45) is 5.92 Å². The average molecular weight is 211 g/mol. The zero-order valence-electron chi connectivity index (χ0n) is 8.51. The first-order valence-corrected chi connectivity index (χ1v) is 4.87. The summed E-state index contributed by atoms with van der Waals surface area (Å²) in [6.45, 7) is 4.01. The van der Waals surface area contributed by atoms with Crippen LogP contribution in [0.5, 0.6) is 0 Å². The van der Waals surface area contributed by atoms with Gasteiger partial charge in [0.2, 0.25) is 5.89 Å². The van der Waals surface area contributed by atoms with Crippen LogP contribution < -0.4 is 0 Å². The monoisotopic (exact) mass is 211 g/mol. The van der Waals surface area contributed by atoms with E-state index in [1.807, 2.05) is 0 Å². The second-order valence-corrected chi connectivity index (χ2v) is 3.89. The van der Waals surface area contributed by atoms with Gasteiger partial charge in [0, 0.05) is 20.0 Å². The number of aromatic nitrogens is 2. The number of likely N-dealkylation sites (tertiary alicyclic amines) is 1. The molecule has 1 fully saturated rings. The molecule has 0 radical (unpaired) electrons. The molecule has 2 heterocycles. The van der Waals surface area contributed by atoms with E-state index < -0.39 is 5.97 Å². The predicted octanol–water partition coefficient (Wildman–Crippen LogP) is 0.285. The van der Waals surface area contributed by atoms with Crippen molar-refractivity contribution >= 4 is 5.97 Å². The molecule has 1 saturated heterocycles. The Morgan fingerprint density at radius 2 is 2.40 bits per heavy atom. The van der Waals surface area contributed by atoms with Crippen LogP contribution in [-0.2, 0) is 11.3 Å². The van der Waals surface area contributed by atoms with E-state index in [1.54, 1.807) is 6.92 Å². The zero-order chi connectivity index (χ0) is 10.8. The largest absolute Gasteiger partial charge is 0.481 e. The third kappa shape index (κ3) is 2.53. The van der Waals surface area contributed by atoms with E-state index in [0.717, 1.165) is 13.1 Å². The van der Waals surface area contributed by atoms with Gasteiger partial charge >= 0.3 is 5.97 Å². The molecule has 0 spiro atoms. The number of carbonyl (C=O) groups is 1. The van der Waals surface area contributed by atoms with Gasteiger partial charge in [0.15, 0.2) is 5.82 Å². The minimum absolute atomic E-state index is 0.252. The summed E-state index contributed by atoms with van der Waals surface area (Å²) in [5.41, 5.74) is 0. The number of nitrogens with zero attached hydrogens (tertiary/aromatic N) is 3. The molecule has 1 aliphatic heterocycles. The summed E-state index contributed by atoms with van der Waals surface area (Å²) < 4.78 is 4.84. The van der Waals surface area contributed by atoms with Crippen molar-refractivity contribution in [3.05, 3.63) is 11.7 Å². The van der Waals surface area contributed by atoms with Gasteiger partial charge in [0.05, 0.1) is 13.0 Å². The Morgan fingerprint density at radius 3 is 2.93 bits per heavy atom. The first-order valence-electron chi connectivity index (χ1n) is 4.87. The summed E-state index contributed by atoms with van der Waals surface area (Å²) in [6.07, 6.45) is 0.252. The maximum Gasteiger partial charge on any atom is 0.303 e. The molecule has 15 heavy (non-hydrogen) atoms. The molecule has 0 saturated carbocycles. The average Bonchev–Trinajstić information content (AvgIpc) is 2.47. The molecule has 1 N–H and O–H groups in total. The summed E-state index contributed by atoms with van der Waals surface area (Å²) >= 11 is 0. The quantitative estimate of drug-likeness (QED) is 0.770. The molecule has 0 aliphatic carbocycles. The van der Waals surface area contributed by atoms with E-state index in [4.69, 9.17) is 9.63 Å². The van der Waals surface area contributed by atoms with Crippen molar-refractivity contribution in [1.82, 2.24) is 15.0 Å². The lowest BCUT2D eigenvalue weighted by Crippen LogP contribution is -2.46. The van der Waals surface area contributed by atoms with E-state index in [-0.39, 0.29) is 12.3 Å². The van der Waals surface area contributed by atoms with Crippen molar-refractivity contribution in [2.45, 2.75) is 19.9 Å². The van der Waals surface area contributed by atoms with Crippen LogP contribution in [0.1, 0.15) is 18.1 Å². The van der Waals surface area contributed by atoms with Crippen LogP contribution in [0.25, 0.3) is 0 Å². The number of rotatable bonds is 4. The second kappa shape index (κ2) is 3.98. The van der Waals surface area contributed by atoms with Crippen LogP contribution >= 0.6 is 0 Å². The Labute approximate surface area is 86.9 Å². The Balaban J connectivity index is 1.74. The minimum atomic E-state index is -0.727. The highest BCUT2D eigenvalue weighted by Gasteiger charge is 2.29. The second-order valence-electron chi connectivity index (χ2n) is 3.89.